The Morgan fingerprint density at radius 1 is 1.26 bits per heavy atom. The number of nitrogens with one attached hydrogen (secondary N) is 1. The summed E-state index contributed by atoms with van der Waals surface area (Å²) in [6.07, 6.45) is 1.08. The van der Waals surface area contributed by atoms with Gasteiger partial charge < -0.3 is 4.79 Å². The van der Waals surface area contributed by atoms with E-state index in [2.05, 4.69) is 4.72 Å². The summed E-state index contributed by atoms with van der Waals surface area (Å²) in [6, 6.07) is 7.75. The summed E-state index contributed by atoms with van der Waals surface area (Å²) in [6.45, 7) is 9.98. The van der Waals surface area contributed by atoms with E-state index in [-0.39, 0.29) is 11.7 Å². The maximum absolute atomic E-state index is 11.7. The molecule has 0 amide bonds. The molecule has 2 atom stereocenters. The Morgan fingerprint density at radius 3 is 2.26 bits per heavy atom. The Hall–Kier alpha value is -1.00. The molecule has 2 unspecified atom stereocenters. The van der Waals surface area contributed by atoms with Gasteiger partial charge in [-0.05, 0) is 19.5 Å². The van der Waals surface area contributed by atoms with Crippen LogP contribution in [0, 0.1) is 6.92 Å². The highest BCUT2D eigenvalue weighted by molar-refractivity contribution is 7.83. The number of hydrogen-bond donors (Lipinski definition) is 1. The topological polar surface area (TPSA) is 46.2 Å². The molecular formula is C15H27NO2S. The molecule has 1 rings (SSSR count). The van der Waals surface area contributed by atoms with Crippen molar-refractivity contribution in [3.63, 3.8) is 0 Å². The van der Waals surface area contributed by atoms with Gasteiger partial charge in [-0.25, -0.2) is 8.93 Å². The van der Waals surface area contributed by atoms with Crippen molar-refractivity contribution in [2.24, 2.45) is 0 Å². The van der Waals surface area contributed by atoms with Crippen LogP contribution in [0.5, 0.6) is 0 Å². The van der Waals surface area contributed by atoms with Gasteiger partial charge in [-0.15, -0.1) is 0 Å². The lowest BCUT2D eigenvalue weighted by atomic mass is 10.1. The molecule has 0 aliphatic heterocycles. The van der Waals surface area contributed by atoms with Gasteiger partial charge in [0.1, 0.15) is 6.29 Å². The molecule has 0 aliphatic carbocycles. The number of benzene rings is 1. The van der Waals surface area contributed by atoms with E-state index in [1.807, 2.05) is 58.9 Å². The Balaban J connectivity index is 0. The standard InChI is InChI=1S/C11H15NO2S.2C2H6/c1-9-4-3-5-10(8-9)11(6-7-13)15(14)12-2;2*1-2/h3-5,7-8,11-12H,6H2,1-2H3;2*1-2H3. The van der Waals surface area contributed by atoms with Gasteiger partial charge in [0.2, 0.25) is 0 Å². The molecule has 0 aromatic heterocycles. The van der Waals surface area contributed by atoms with Gasteiger partial charge in [-0.2, -0.15) is 0 Å². The van der Waals surface area contributed by atoms with Crippen molar-refractivity contribution in [2.45, 2.75) is 46.3 Å². The first kappa shape index (κ1) is 20.3. The fraction of sp³-hybridized carbons (Fsp3) is 0.533. The molecule has 0 saturated heterocycles. The minimum Gasteiger partial charge on any atom is -0.303 e. The zero-order chi connectivity index (χ0) is 15.3. The van der Waals surface area contributed by atoms with E-state index in [4.69, 9.17) is 0 Å². The second-order valence-corrected chi connectivity index (χ2v) is 4.88. The van der Waals surface area contributed by atoms with Crippen LogP contribution in [-0.4, -0.2) is 17.5 Å². The Kier molecular flexibility index (Phi) is 14.4. The molecule has 1 aromatic rings. The average molecular weight is 285 g/mol. The summed E-state index contributed by atoms with van der Waals surface area (Å²) in [5.41, 5.74) is 2.05. The molecule has 0 saturated carbocycles. The zero-order valence-corrected chi connectivity index (χ0v) is 13.7. The van der Waals surface area contributed by atoms with Crippen LogP contribution < -0.4 is 4.72 Å². The molecular weight excluding hydrogens is 258 g/mol. The molecule has 0 radical (unpaired) electrons. The monoisotopic (exact) mass is 285 g/mol. The largest absolute Gasteiger partial charge is 0.303 e. The van der Waals surface area contributed by atoms with E-state index in [1.165, 1.54) is 0 Å². The van der Waals surface area contributed by atoms with Crippen LogP contribution in [-0.2, 0) is 15.8 Å². The van der Waals surface area contributed by atoms with E-state index in [1.54, 1.807) is 7.05 Å². The average Bonchev–Trinajstić information content (AvgIpc) is 2.48. The van der Waals surface area contributed by atoms with Crippen LogP contribution in [0.25, 0.3) is 0 Å². The molecule has 1 aromatic carbocycles. The molecule has 0 heterocycles. The number of hydrogen-bond acceptors (Lipinski definition) is 2. The smallest absolute Gasteiger partial charge is 0.121 e. The number of rotatable bonds is 5. The van der Waals surface area contributed by atoms with E-state index < -0.39 is 11.0 Å². The highest BCUT2D eigenvalue weighted by Crippen LogP contribution is 2.22. The number of carbonyl (C=O) groups excluding carboxylic acids is 1. The highest BCUT2D eigenvalue weighted by Gasteiger charge is 2.17. The quantitative estimate of drug-likeness (QED) is 0.841. The first-order valence-electron chi connectivity index (χ1n) is 6.77. The van der Waals surface area contributed by atoms with Gasteiger partial charge in [0.05, 0.1) is 16.2 Å². The van der Waals surface area contributed by atoms with E-state index in [0.717, 1.165) is 17.4 Å². The molecule has 3 nitrogen and oxygen atoms in total. The van der Waals surface area contributed by atoms with Crippen LogP contribution in [0.2, 0.25) is 0 Å². The predicted molar refractivity (Wildman–Crippen MR) is 84.5 cm³/mol. The second-order valence-electron chi connectivity index (χ2n) is 3.31. The molecule has 0 bridgehead atoms. The first-order valence-corrected chi connectivity index (χ1v) is 7.98. The fourth-order valence-electron chi connectivity index (χ4n) is 1.45. The molecule has 110 valence electrons. The maximum Gasteiger partial charge on any atom is 0.121 e. The molecule has 1 N–H and O–H groups in total. The van der Waals surface area contributed by atoms with E-state index >= 15 is 0 Å². The summed E-state index contributed by atoms with van der Waals surface area (Å²) in [7, 11) is 0.424. The van der Waals surface area contributed by atoms with Gasteiger partial charge in [-0.3, -0.25) is 0 Å². The van der Waals surface area contributed by atoms with Crippen LogP contribution in [0.4, 0.5) is 0 Å². The van der Waals surface area contributed by atoms with Crippen molar-refractivity contribution >= 4 is 17.3 Å². The molecule has 0 fully saturated rings. The predicted octanol–water partition coefficient (Wildman–Crippen LogP) is 3.56. The van der Waals surface area contributed by atoms with Gasteiger partial charge in [-0.1, -0.05) is 57.5 Å². The summed E-state index contributed by atoms with van der Waals surface area (Å²) < 4.78 is 14.3. The lowest BCUT2D eigenvalue weighted by Gasteiger charge is -2.13. The van der Waals surface area contributed by atoms with Crippen LogP contribution >= 0.6 is 0 Å². The van der Waals surface area contributed by atoms with Crippen molar-refractivity contribution in [3.8, 4) is 0 Å². The summed E-state index contributed by atoms with van der Waals surface area (Å²) in [4.78, 5) is 10.5. The third-order valence-electron chi connectivity index (χ3n) is 2.18. The van der Waals surface area contributed by atoms with Crippen molar-refractivity contribution in [1.29, 1.82) is 0 Å². The molecule has 19 heavy (non-hydrogen) atoms. The second kappa shape index (κ2) is 13.4. The van der Waals surface area contributed by atoms with Gasteiger partial charge in [0.25, 0.3) is 0 Å². The minimum atomic E-state index is -1.21. The van der Waals surface area contributed by atoms with Crippen molar-refractivity contribution in [2.75, 3.05) is 7.05 Å². The highest BCUT2D eigenvalue weighted by atomic mass is 32.2. The Bertz CT molecular complexity index is 367. The number of carbonyl (C=O) groups is 1. The summed E-state index contributed by atoms with van der Waals surface area (Å²) in [5.74, 6) is 0. The number of aryl methyl sites for hydroxylation is 1. The third kappa shape index (κ3) is 7.90. The minimum absolute atomic E-state index is 0.257. The molecule has 4 heteroatoms. The summed E-state index contributed by atoms with van der Waals surface area (Å²) >= 11 is 0. The maximum atomic E-state index is 11.7. The molecule has 0 spiro atoms. The SMILES string of the molecule is CC.CC.CNS(=O)C(CC=O)c1cccc(C)c1. The lowest BCUT2D eigenvalue weighted by Crippen LogP contribution is -2.19. The van der Waals surface area contributed by atoms with Crippen molar-refractivity contribution in [1.82, 2.24) is 4.72 Å². The van der Waals surface area contributed by atoms with Gasteiger partial charge >= 0.3 is 0 Å². The van der Waals surface area contributed by atoms with Crippen LogP contribution in [0.3, 0.4) is 0 Å². The number of aldehydes is 1. The van der Waals surface area contributed by atoms with Crippen LogP contribution in [0.1, 0.15) is 50.5 Å². The van der Waals surface area contributed by atoms with Gasteiger partial charge in [0.15, 0.2) is 0 Å². The first-order chi connectivity index (χ1) is 9.19. The Labute approximate surface area is 120 Å². The fourth-order valence-corrected chi connectivity index (χ4v) is 2.38. The lowest BCUT2D eigenvalue weighted by molar-refractivity contribution is -0.107. The normalized spacial score (nSPS) is 12.1. The Morgan fingerprint density at radius 2 is 1.84 bits per heavy atom. The summed E-state index contributed by atoms with van der Waals surface area (Å²) in [5, 5.41) is -0.257. The zero-order valence-electron chi connectivity index (χ0n) is 12.9. The van der Waals surface area contributed by atoms with Crippen molar-refractivity contribution < 1.29 is 9.00 Å². The van der Waals surface area contributed by atoms with Gasteiger partial charge in [0, 0.05) is 6.42 Å². The van der Waals surface area contributed by atoms with E-state index in [9.17, 15) is 9.00 Å². The third-order valence-corrected chi connectivity index (χ3v) is 3.57. The van der Waals surface area contributed by atoms with E-state index in [0.29, 0.717) is 0 Å². The van der Waals surface area contributed by atoms with Crippen molar-refractivity contribution in [3.05, 3.63) is 35.4 Å². The molecule has 0 aliphatic rings. The van der Waals surface area contributed by atoms with Crippen LogP contribution in [0.15, 0.2) is 24.3 Å².